The first-order valence-electron chi connectivity index (χ1n) is 4.24. The van der Waals surface area contributed by atoms with Crippen LogP contribution < -0.4 is 5.73 Å². The van der Waals surface area contributed by atoms with Gasteiger partial charge in [0.1, 0.15) is 5.66 Å². The van der Waals surface area contributed by atoms with E-state index >= 15 is 0 Å². The van der Waals surface area contributed by atoms with Crippen molar-refractivity contribution in [2.75, 3.05) is 19.8 Å². The molecule has 0 aliphatic carbocycles. The normalized spacial score (nSPS) is 19.0. The minimum Gasteiger partial charge on any atom is -0.330 e. The van der Waals surface area contributed by atoms with Gasteiger partial charge in [0.2, 0.25) is 7.37 Å². The van der Waals surface area contributed by atoms with Crippen molar-refractivity contribution in [2.24, 2.45) is 5.73 Å². The van der Waals surface area contributed by atoms with E-state index in [2.05, 4.69) is 4.52 Å². The number of hydrogen-bond acceptors (Lipinski definition) is 3. The topological polar surface area (TPSA) is 52.3 Å². The van der Waals surface area contributed by atoms with Gasteiger partial charge in [-0.15, -0.1) is 0 Å². The van der Waals surface area contributed by atoms with Gasteiger partial charge in [-0.2, -0.15) is 13.2 Å². The van der Waals surface area contributed by atoms with Crippen LogP contribution in [0.1, 0.15) is 13.3 Å². The molecule has 0 bridgehead atoms. The van der Waals surface area contributed by atoms with Crippen molar-refractivity contribution in [2.45, 2.75) is 25.2 Å². The second-order valence-corrected chi connectivity index (χ2v) is 5.66. The molecule has 0 radical (unpaired) electrons. The van der Waals surface area contributed by atoms with Crippen LogP contribution >= 0.6 is 7.37 Å². The first-order valence-corrected chi connectivity index (χ1v) is 6.38. The zero-order valence-electron chi connectivity index (χ0n) is 8.17. The van der Waals surface area contributed by atoms with E-state index in [-0.39, 0.29) is 19.6 Å². The van der Waals surface area contributed by atoms with Crippen LogP contribution in [0.4, 0.5) is 13.2 Å². The molecule has 0 rings (SSSR count). The summed E-state index contributed by atoms with van der Waals surface area (Å²) in [6, 6.07) is 0. The number of halogens is 3. The summed E-state index contributed by atoms with van der Waals surface area (Å²) in [6.07, 6.45) is -4.88. The first-order chi connectivity index (χ1) is 6.25. The van der Waals surface area contributed by atoms with E-state index in [1.165, 1.54) is 6.92 Å². The van der Waals surface area contributed by atoms with E-state index in [1.54, 1.807) is 0 Å². The lowest BCUT2D eigenvalue weighted by molar-refractivity contribution is -0.133. The Labute approximate surface area is 81.3 Å². The Morgan fingerprint density at radius 2 is 2.00 bits per heavy atom. The van der Waals surface area contributed by atoms with Crippen LogP contribution in [0.15, 0.2) is 0 Å². The van der Waals surface area contributed by atoms with E-state index in [9.17, 15) is 17.7 Å². The molecular formula is C7H15F3NO2P. The molecule has 14 heavy (non-hydrogen) atoms. The average molecular weight is 233 g/mol. The van der Waals surface area contributed by atoms with Gasteiger partial charge in [-0.1, -0.05) is 0 Å². The number of alkyl halides is 3. The highest BCUT2D eigenvalue weighted by Gasteiger charge is 2.49. The molecule has 2 N–H and O–H groups in total. The third-order valence-electron chi connectivity index (χ3n) is 1.77. The van der Waals surface area contributed by atoms with Crippen molar-refractivity contribution >= 4 is 7.37 Å². The summed E-state index contributed by atoms with van der Waals surface area (Å²) < 4.78 is 53.5. The Morgan fingerprint density at radius 1 is 1.50 bits per heavy atom. The molecule has 2 atom stereocenters. The number of rotatable bonds is 5. The molecule has 0 aliphatic rings. The first kappa shape index (κ1) is 13.9. The van der Waals surface area contributed by atoms with E-state index in [1.807, 2.05) is 0 Å². The lowest BCUT2D eigenvalue weighted by atomic mass is 10.3. The molecule has 7 heteroatoms. The molecular weight excluding hydrogens is 218 g/mol. The van der Waals surface area contributed by atoms with Gasteiger partial charge < -0.3 is 10.3 Å². The maximum Gasteiger partial charge on any atom is 0.400 e. The minimum atomic E-state index is -4.52. The Morgan fingerprint density at radius 3 is 2.29 bits per heavy atom. The van der Waals surface area contributed by atoms with Crippen LogP contribution in [-0.2, 0) is 9.09 Å². The molecule has 0 aliphatic heterocycles. The van der Waals surface area contributed by atoms with Crippen LogP contribution in [0.2, 0.25) is 0 Å². The highest BCUT2D eigenvalue weighted by molar-refractivity contribution is 7.59. The molecule has 2 unspecified atom stereocenters. The van der Waals surface area contributed by atoms with Crippen LogP contribution in [-0.4, -0.2) is 31.7 Å². The summed E-state index contributed by atoms with van der Waals surface area (Å²) in [5.41, 5.74) is 3.10. The molecule has 0 aromatic carbocycles. The van der Waals surface area contributed by atoms with Gasteiger partial charge in [0.15, 0.2) is 0 Å². The van der Waals surface area contributed by atoms with Crippen molar-refractivity contribution in [3.8, 4) is 0 Å². The third-order valence-corrected chi connectivity index (χ3v) is 4.22. The van der Waals surface area contributed by atoms with Crippen molar-refractivity contribution in [1.29, 1.82) is 0 Å². The zero-order chi connectivity index (χ0) is 11.4. The molecule has 0 aromatic heterocycles. The Bertz CT molecular complexity index is 219. The Hall–Kier alpha value is -0.0600. The van der Waals surface area contributed by atoms with Gasteiger partial charge >= 0.3 is 6.18 Å². The van der Waals surface area contributed by atoms with Crippen molar-refractivity contribution in [1.82, 2.24) is 0 Å². The summed E-state index contributed by atoms with van der Waals surface area (Å²) in [6.45, 7) is 2.36. The highest BCUT2D eigenvalue weighted by atomic mass is 31.2. The van der Waals surface area contributed by atoms with E-state index in [4.69, 9.17) is 5.73 Å². The molecule has 3 nitrogen and oxygen atoms in total. The smallest absolute Gasteiger partial charge is 0.330 e. The molecule has 86 valence electrons. The molecule has 0 spiro atoms. The summed E-state index contributed by atoms with van der Waals surface area (Å²) in [5, 5.41) is 0. The molecule has 0 saturated carbocycles. The van der Waals surface area contributed by atoms with Crippen LogP contribution in [0.25, 0.3) is 0 Å². The monoisotopic (exact) mass is 233 g/mol. The van der Waals surface area contributed by atoms with E-state index in [0.717, 1.165) is 6.66 Å². The quantitative estimate of drug-likeness (QED) is 0.740. The average Bonchev–Trinajstić information content (AvgIpc) is 1.97. The van der Waals surface area contributed by atoms with Crippen LogP contribution in [0.3, 0.4) is 0 Å². The maximum atomic E-state index is 12.4. The standard InChI is InChI=1S/C7H15F3NO2P/c1-3-13-14(2,12)6(4-5-11)7(8,9)10/h6H,3-5,11H2,1-2H3. The fraction of sp³-hybridized carbons (Fsp3) is 1.00. The number of nitrogens with two attached hydrogens (primary N) is 1. The van der Waals surface area contributed by atoms with Crippen molar-refractivity contribution < 1.29 is 22.3 Å². The van der Waals surface area contributed by atoms with Gasteiger partial charge in [-0.25, -0.2) is 0 Å². The molecule has 0 amide bonds. The van der Waals surface area contributed by atoms with E-state index < -0.39 is 19.2 Å². The lowest BCUT2D eigenvalue weighted by Gasteiger charge is -2.25. The summed E-state index contributed by atoms with van der Waals surface area (Å²) in [5.74, 6) is 0. The van der Waals surface area contributed by atoms with E-state index in [0.29, 0.717) is 0 Å². The SMILES string of the molecule is CCOP(C)(=O)C(CCN)C(F)(F)F. The predicted octanol–water partition coefficient (Wildman–Crippen LogP) is 2.21. The second kappa shape index (κ2) is 5.14. The molecule has 0 fully saturated rings. The Kier molecular flexibility index (Phi) is 5.12. The van der Waals surface area contributed by atoms with Gasteiger partial charge in [0.05, 0.1) is 6.61 Å². The lowest BCUT2D eigenvalue weighted by Crippen LogP contribution is -2.31. The van der Waals surface area contributed by atoms with Gasteiger partial charge in [-0.05, 0) is 19.9 Å². The maximum absolute atomic E-state index is 12.4. The second-order valence-electron chi connectivity index (χ2n) is 2.96. The van der Waals surface area contributed by atoms with Gasteiger partial charge in [-0.3, -0.25) is 4.57 Å². The molecule has 0 aromatic rings. The van der Waals surface area contributed by atoms with Gasteiger partial charge in [0.25, 0.3) is 0 Å². The summed E-state index contributed by atoms with van der Waals surface area (Å²) >= 11 is 0. The summed E-state index contributed by atoms with van der Waals surface area (Å²) in [4.78, 5) is 0. The largest absolute Gasteiger partial charge is 0.400 e. The fourth-order valence-electron chi connectivity index (χ4n) is 1.17. The van der Waals surface area contributed by atoms with Gasteiger partial charge in [0, 0.05) is 6.66 Å². The molecule has 0 heterocycles. The van der Waals surface area contributed by atoms with Crippen molar-refractivity contribution in [3.05, 3.63) is 0 Å². The summed E-state index contributed by atoms with van der Waals surface area (Å²) in [7, 11) is -3.65. The minimum absolute atomic E-state index is 0.00489. The third kappa shape index (κ3) is 3.98. The molecule has 0 saturated heterocycles. The fourth-order valence-corrected chi connectivity index (χ4v) is 3.01. The van der Waals surface area contributed by atoms with Crippen molar-refractivity contribution in [3.63, 3.8) is 0 Å². The van der Waals surface area contributed by atoms with Crippen LogP contribution in [0, 0.1) is 0 Å². The highest BCUT2D eigenvalue weighted by Crippen LogP contribution is 2.55. The van der Waals surface area contributed by atoms with Crippen LogP contribution in [0.5, 0.6) is 0 Å². The Balaban J connectivity index is 4.73. The number of hydrogen-bond donors (Lipinski definition) is 1. The predicted molar refractivity (Wildman–Crippen MR) is 48.7 cm³/mol. The zero-order valence-corrected chi connectivity index (χ0v) is 9.07.